The molecular weight excluding hydrogens is 404 g/mol. The highest BCUT2D eigenvalue weighted by Crippen LogP contribution is 2.31. The van der Waals surface area contributed by atoms with E-state index >= 15 is 0 Å². The summed E-state index contributed by atoms with van der Waals surface area (Å²) in [7, 11) is -3.48. The van der Waals surface area contributed by atoms with Crippen molar-refractivity contribution in [2.24, 2.45) is 0 Å². The van der Waals surface area contributed by atoms with Gasteiger partial charge in [0.1, 0.15) is 13.2 Å². The fourth-order valence-electron chi connectivity index (χ4n) is 3.48. The van der Waals surface area contributed by atoms with E-state index in [0.29, 0.717) is 43.5 Å². The molecule has 0 saturated carbocycles. The van der Waals surface area contributed by atoms with E-state index in [0.717, 1.165) is 24.8 Å². The molecule has 1 N–H and O–H groups in total. The van der Waals surface area contributed by atoms with Crippen molar-refractivity contribution in [3.63, 3.8) is 0 Å². The van der Waals surface area contributed by atoms with Crippen molar-refractivity contribution in [3.05, 3.63) is 54.1 Å². The maximum Gasteiger partial charge on any atom is 0.248 e. The van der Waals surface area contributed by atoms with Crippen LogP contribution in [0.1, 0.15) is 24.8 Å². The predicted molar refractivity (Wildman–Crippen MR) is 114 cm³/mol. The number of anilines is 1. The summed E-state index contributed by atoms with van der Waals surface area (Å²) >= 11 is 0. The summed E-state index contributed by atoms with van der Waals surface area (Å²) in [6.07, 6.45) is 5.95. The molecule has 158 valence electrons. The van der Waals surface area contributed by atoms with E-state index < -0.39 is 10.0 Å². The Kier molecular flexibility index (Phi) is 6.06. The van der Waals surface area contributed by atoms with Crippen molar-refractivity contribution in [1.82, 2.24) is 4.31 Å². The number of carbonyl (C=O) groups excluding carboxylic acids is 1. The van der Waals surface area contributed by atoms with Crippen molar-refractivity contribution in [1.29, 1.82) is 0 Å². The molecule has 2 aromatic rings. The fraction of sp³-hybridized carbons (Fsp3) is 0.318. The molecule has 30 heavy (non-hydrogen) atoms. The number of nitrogens with one attached hydrogen (secondary N) is 1. The number of benzene rings is 2. The second-order valence-electron chi connectivity index (χ2n) is 7.21. The average molecular weight is 429 g/mol. The highest BCUT2D eigenvalue weighted by atomic mass is 32.2. The summed E-state index contributed by atoms with van der Waals surface area (Å²) in [6, 6.07) is 11.7. The first-order chi connectivity index (χ1) is 14.5. The minimum atomic E-state index is -3.48. The number of rotatable bonds is 5. The zero-order valence-electron chi connectivity index (χ0n) is 16.5. The number of ether oxygens (including phenoxy) is 2. The van der Waals surface area contributed by atoms with Crippen LogP contribution in [0, 0.1) is 0 Å². The van der Waals surface area contributed by atoms with Crippen LogP contribution >= 0.6 is 0 Å². The van der Waals surface area contributed by atoms with Gasteiger partial charge in [-0.25, -0.2) is 8.42 Å². The van der Waals surface area contributed by atoms with Gasteiger partial charge in [0.25, 0.3) is 0 Å². The molecule has 1 saturated heterocycles. The summed E-state index contributed by atoms with van der Waals surface area (Å²) in [6.45, 7) is 2.16. The van der Waals surface area contributed by atoms with Crippen molar-refractivity contribution in [2.45, 2.75) is 24.2 Å². The second kappa shape index (κ2) is 8.89. The lowest BCUT2D eigenvalue weighted by atomic mass is 10.2. The third kappa shape index (κ3) is 4.66. The first-order valence-electron chi connectivity index (χ1n) is 10.0. The van der Waals surface area contributed by atoms with Gasteiger partial charge in [0.2, 0.25) is 15.9 Å². The number of hydrogen-bond donors (Lipinski definition) is 1. The van der Waals surface area contributed by atoms with E-state index in [9.17, 15) is 13.2 Å². The lowest BCUT2D eigenvalue weighted by Gasteiger charge is -2.25. The van der Waals surface area contributed by atoms with Crippen LogP contribution in [0.25, 0.3) is 6.08 Å². The highest BCUT2D eigenvalue weighted by Gasteiger charge is 2.25. The third-order valence-electron chi connectivity index (χ3n) is 5.07. The first kappa shape index (κ1) is 20.4. The largest absolute Gasteiger partial charge is 0.486 e. The van der Waals surface area contributed by atoms with E-state index in [1.165, 1.54) is 22.5 Å². The Morgan fingerprint density at radius 2 is 1.63 bits per heavy atom. The van der Waals surface area contributed by atoms with Crippen LogP contribution in [0.5, 0.6) is 11.5 Å². The minimum absolute atomic E-state index is 0.245. The van der Waals surface area contributed by atoms with Crippen molar-refractivity contribution >= 4 is 27.7 Å². The molecule has 0 bridgehead atoms. The molecule has 8 heteroatoms. The molecule has 2 heterocycles. The zero-order valence-corrected chi connectivity index (χ0v) is 17.4. The molecule has 0 aromatic heterocycles. The van der Waals surface area contributed by atoms with Gasteiger partial charge in [-0.15, -0.1) is 0 Å². The molecule has 1 fully saturated rings. The van der Waals surface area contributed by atoms with Crippen LogP contribution in [-0.4, -0.2) is 44.9 Å². The monoisotopic (exact) mass is 428 g/mol. The van der Waals surface area contributed by atoms with E-state index in [1.54, 1.807) is 18.2 Å². The summed E-state index contributed by atoms with van der Waals surface area (Å²) in [5.41, 5.74) is 1.35. The summed E-state index contributed by atoms with van der Waals surface area (Å²) in [5.74, 6) is 1.05. The predicted octanol–water partition coefficient (Wildman–Crippen LogP) is 3.28. The SMILES string of the molecule is O=C(C=Cc1ccc2c(c1)OCCO2)Nc1ccc(S(=O)(=O)N2CCCCC2)cc1. The summed E-state index contributed by atoms with van der Waals surface area (Å²) in [5, 5.41) is 2.74. The quantitative estimate of drug-likeness (QED) is 0.739. The molecule has 0 spiro atoms. The Hall–Kier alpha value is -2.84. The van der Waals surface area contributed by atoms with E-state index in [-0.39, 0.29) is 10.8 Å². The van der Waals surface area contributed by atoms with Crippen LogP contribution < -0.4 is 14.8 Å². The number of fused-ring (bicyclic) bond motifs is 1. The smallest absolute Gasteiger partial charge is 0.248 e. The van der Waals surface area contributed by atoms with Gasteiger partial charge in [-0.3, -0.25) is 4.79 Å². The van der Waals surface area contributed by atoms with E-state index in [2.05, 4.69) is 5.32 Å². The Morgan fingerprint density at radius 3 is 2.37 bits per heavy atom. The van der Waals surface area contributed by atoms with Gasteiger partial charge in [0.05, 0.1) is 4.90 Å². The van der Waals surface area contributed by atoms with Gasteiger partial charge in [0.15, 0.2) is 11.5 Å². The lowest BCUT2D eigenvalue weighted by molar-refractivity contribution is -0.111. The van der Waals surface area contributed by atoms with Crippen molar-refractivity contribution in [2.75, 3.05) is 31.6 Å². The Labute approximate surface area is 176 Å². The fourth-order valence-corrected chi connectivity index (χ4v) is 5.00. The Bertz CT molecular complexity index is 1040. The zero-order chi connectivity index (χ0) is 21.0. The van der Waals surface area contributed by atoms with E-state index in [1.807, 2.05) is 18.2 Å². The molecule has 1 amide bonds. The van der Waals surface area contributed by atoms with Gasteiger partial charge in [-0.1, -0.05) is 12.5 Å². The molecule has 2 aromatic carbocycles. The van der Waals surface area contributed by atoms with Gasteiger partial charge < -0.3 is 14.8 Å². The second-order valence-corrected chi connectivity index (χ2v) is 9.15. The summed E-state index contributed by atoms with van der Waals surface area (Å²) in [4.78, 5) is 12.5. The first-order valence-corrected chi connectivity index (χ1v) is 11.5. The number of hydrogen-bond acceptors (Lipinski definition) is 5. The molecule has 0 atom stereocenters. The normalized spacial score (nSPS) is 17.1. The third-order valence-corrected chi connectivity index (χ3v) is 6.98. The van der Waals surface area contributed by atoms with Crippen LogP contribution in [0.2, 0.25) is 0 Å². The number of piperidine rings is 1. The van der Waals surface area contributed by atoms with Crippen LogP contribution in [-0.2, 0) is 14.8 Å². The maximum atomic E-state index is 12.7. The lowest BCUT2D eigenvalue weighted by Crippen LogP contribution is -2.35. The molecule has 2 aliphatic heterocycles. The maximum absolute atomic E-state index is 12.7. The topological polar surface area (TPSA) is 84.9 Å². The molecular formula is C22H24N2O5S. The summed E-state index contributed by atoms with van der Waals surface area (Å²) < 4.78 is 37.9. The molecule has 2 aliphatic rings. The van der Waals surface area contributed by atoms with Crippen molar-refractivity contribution < 1.29 is 22.7 Å². The van der Waals surface area contributed by atoms with Crippen LogP contribution in [0.15, 0.2) is 53.4 Å². The number of amides is 1. The number of sulfonamides is 1. The minimum Gasteiger partial charge on any atom is -0.486 e. The van der Waals surface area contributed by atoms with Gasteiger partial charge in [-0.05, 0) is 60.9 Å². The molecule has 0 radical (unpaired) electrons. The molecule has 0 unspecified atom stereocenters. The number of carbonyl (C=O) groups is 1. The standard InChI is InChI=1S/C22H24N2O5S/c25-22(11-5-17-4-10-20-21(16-17)29-15-14-28-20)23-18-6-8-19(9-7-18)30(26,27)24-12-2-1-3-13-24/h4-11,16H,1-3,12-15H2,(H,23,25). The van der Waals surface area contributed by atoms with Gasteiger partial charge >= 0.3 is 0 Å². The van der Waals surface area contributed by atoms with Gasteiger partial charge in [-0.2, -0.15) is 4.31 Å². The molecule has 0 aliphatic carbocycles. The van der Waals surface area contributed by atoms with Crippen LogP contribution in [0.3, 0.4) is 0 Å². The van der Waals surface area contributed by atoms with Gasteiger partial charge in [0, 0.05) is 24.9 Å². The van der Waals surface area contributed by atoms with Crippen molar-refractivity contribution in [3.8, 4) is 11.5 Å². The molecule has 4 rings (SSSR count). The Morgan fingerprint density at radius 1 is 0.933 bits per heavy atom. The molecule has 7 nitrogen and oxygen atoms in total. The average Bonchev–Trinajstić information content (AvgIpc) is 2.78. The van der Waals surface area contributed by atoms with Crippen LogP contribution in [0.4, 0.5) is 5.69 Å². The number of nitrogens with zero attached hydrogens (tertiary/aromatic N) is 1. The van der Waals surface area contributed by atoms with E-state index in [4.69, 9.17) is 9.47 Å². The highest BCUT2D eigenvalue weighted by molar-refractivity contribution is 7.89. The Balaban J connectivity index is 1.38.